The second-order valence-electron chi connectivity index (χ2n) is 9.24. The highest BCUT2D eigenvalue weighted by atomic mass is 16.3. The minimum absolute atomic E-state index is 0.0468. The smallest absolute Gasteiger partial charge is 0.0933 e. The maximum atomic E-state index is 12.0. The molecule has 0 saturated heterocycles. The van der Waals surface area contributed by atoms with Crippen molar-refractivity contribution in [3.63, 3.8) is 0 Å². The zero-order valence-electron chi connectivity index (χ0n) is 16.1. The number of hydrogen-bond donors (Lipinski definition) is 2. The van der Waals surface area contributed by atoms with Crippen LogP contribution in [0.15, 0.2) is 53.9 Å². The van der Waals surface area contributed by atoms with Gasteiger partial charge in [-0.05, 0) is 73.6 Å². The molecule has 0 aliphatic heterocycles. The van der Waals surface area contributed by atoms with E-state index in [2.05, 4.69) is 36.2 Å². The number of rotatable bonds is 1. The predicted molar refractivity (Wildman–Crippen MR) is 107 cm³/mol. The monoisotopic (exact) mass is 363 g/mol. The molecule has 1 aromatic rings. The highest BCUT2D eigenvalue weighted by molar-refractivity contribution is 5.73. The number of nitrogens with zero attached hydrogens (tertiary/aromatic N) is 1. The standard InChI is InChI=1S/C24H29NO2/c1-23-10-9-19-13-18-14-20(26)5-4-16(18)8-11-24(19,27)22(23)7-6-21(23)17-3-2-12-25-15-17/h2-3,6,9,12-13,15-16,20,22,26-27H,4-5,7-8,10-11,14H2,1H3/t16?,20?,22?,23?,24-/m1/s1. The summed E-state index contributed by atoms with van der Waals surface area (Å²) in [5.74, 6) is 0.740. The van der Waals surface area contributed by atoms with Crippen LogP contribution >= 0.6 is 0 Å². The summed E-state index contributed by atoms with van der Waals surface area (Å²) < 4.78 is 0. The third-order valence-corrected chi connectivity index (χ3v) is 7.80. The summed E-state index contributed by atoms with van der Waals surface area (Å²) in [6.45, 7) is 2.32. The Bertz CT molecular complexity index is 839. The number of allylic oxidation sites excluding steroid dienone is 3. The lowest BCUT2D eigenvalue weighted by Gasteiger charge is -2.48. The maximum Gasteiger partial charge on any atom is 0.0933 e. The van der Waals surface area contributed by atoms with E-state index in [9.17, 15) is 10.2 Å². The van der Waals surface area contributed by atoms with E-state index < -0.39 is 5.60 Å². The number of aliphatic hydroxyl groups excluding tert-OH is 1. The molecule has 1 heterocycles. The van der Waals surface area contributed by atoms with Crippen molar-refractivity contribution >= 4 is 5.57 Å². The summed E-state index contributed by atoms with van der Waals surface area (Å²) in [6, 6.07) is 4.14. The fourth-order valence-electron chi connectivity index (χ4n) is 6.28. The van der Waals surface area contributed by atoms with Crippen LogP contribution in [-0.2, 0) is 0 Å². The molecule has 0 spiro atoms. The van der Waals surface area contributed by atoms with E-state index in [1.807, 2.05) is 18.5 Å². The summed E-state index contributed by atoms with van der Waals surface area (Å²) in [7, 11) is 0. The Labute approximate surface area is 161 Å². The summed E-state index contributed by atoms with van der Waals surface area (Å²) in [4.78, 5) is 4.32. The zero-order valence-corrected chi connectivity index (χ0v) is 16.1. The average molecular weight is 364 g/mol. The lowest BCUT2D eigenvalue weighted by atomic mass is 9.58. The van der Waals surface area contributed by atoms with Crippen molar-refractivity contribution in [3.8, 4) is 0 Å². The molecule has 1 saturated carbocycles. The minimum Gasteiger partial charge on any atom is -0.393 e. The van der Waals surface area contributed by atoms with Crippen molar-refractivity contribution < 1.29 is 10.2 Å². The second kappa shape index (κ2) is 6.15. The first-order chi connectivity index (χ1) is 13.0. The molecule has 1 aromatic heterocycles. The Hall–Kier alpha value is -1.71. The van der Waals surface area contributed by atoms with Gasteiger partial charge in [-0.1, -0.05) is 36.8 Å². The van der Waals surface area contributed by atoms with E-state index in [1.165, 1.54) is 16.7 Å². The fourth-order valence-corrected chi connectivity index (χ4v) is 6.28. The van der Waals surface area contributed by atoms with E-state index in [0.29, 0.717) is 5.92 Å². The molecule has 0 amide bonds. The van der Waals surface area contributed by atoms with Gasteiger partial charge in [0.15, 0.2) is 0 Å². The molecule has 0 bridgehead atoms. The van der Waals surface area contributed by atoms with Crippen molar-refractivity contribution in [2.75, 3.05) is 0 Å². The Morgan fingerprint density at radius 3 is 2.89 bits per heavy atom. The molecule has 2 N–H and O–H groups in total. The van der Waals surface area contributed by atoms with E-state index in [4.69, 9.17) is 0 Å². The number of pyridine rings is 1. The fraction of sp³-hybridized carbons (Fsp3) is 0.542. The number of aromatic nitrogens is 1. The normalized spacial score (nSPS) is 40.7. The third-order valence-electron chi connectivity index (χ3n) is 7.80. The van der Waals surface area contributed by atoms with Crippen LogP contribution in [0.3, 0.4) is 0 Å². The summed E-state index contributed by atoms with van der Waals surface area (Å²) in [6.07, 6.45) is 16.9. The maximum absolute atomic E-state index is 12.0. The molecule has 5 rings (SSSR count). The van der Waals surface area contributed by atoms with Crippen LogP contribution in [0, 0.1) is 17.3 Å². The Morgan fingerprint density at radius 2 is 2.07 bits per heavy atom. The Kier molecular flexibility index (Phi) is 3.96. The molecular weight excluding hydrogens is 334 g/mol. The van der Waals surface area contributed by atoms with Crippen LogP contribution in [0.5, 0.6) is 0 Å². The van der Waals surface area contributed by atoms with Gasteiger partial charge in [0.05, 0.1) is 11.7 Å². The number of fused-ring (bicyclic) bond motifs is 4. The van der Waals surface area contributed by atoms with E-state index in [-0.39, 0.29) is 17.4 Å². The van der Waals surface area contributed by atoms with Crippen LogP contribution in [0.25, 0.3) is 5.57 Å². The minimum atomic E-state index is -0.761. The summed E-state index contributed by atoms with van der Waals surface area (Å²) in [5.41, 5.74) is 4.19. The first kappa shape index (κ1) is 17.4. The van der Waals surface area contributed by atoms with Crippen molar-refractivity contribution in [1.82, 2.24) is 4.98 Å². The molecular formula is C24H29NO2. The van der Waals surface area contributed by atoms with Gasteiger partial charge in [-0.15, -0.1) is 0 Å². The lowest BCUT2D eigenvalue weighted by Crippen LogP contribution is -2.48. The molecule has 4 aliphatic carbocycles. The van der Waals surface area contributed by atoms with Crippen molar-refractivity contribution in [3.05, 3.63) is 59.5 Å². The van der Waals surface area contributed by atoms with Gasteiger partial charge in [0.1, 0.15) is 0 Å². The Balaban J connectivity index is 1.53. The van der Waals surface area contributed by atoms with Crippen molar-refractivity contribution in [2.24, 2.45) is 17.3 Å². The largest absolute Gasteiger partial charge is 0.393 e. The van der Waals surface area contributed by atoms with E-state index >= 15 is 0 Å². The van der Waals surface area contributed by atoms with Gasteiger partial charge in [-0.25, -0.2) is 0 Å². The first-order valence-electron chi connectivity index (χ1n) is 10.4. The van der Waals surface area contributed by atoms with E-state index in [0.717, 1.165) is 50.5 Å². The zero-order chi connectivity index (χ0) is 18.6. The van der Waals surface area contributed by atoms with Crippen molar-refractivity contribution in [1.29, 1.82) is 0 Å². The van der Waals surface area contributed by atoms with Gasteiger partial charge >= 0.3 is 0 Å². The van der Waals surface area contributed by atoms with E-state index in [1.54, 1.807) is 0 Å². The van der Waals surface area contributed by atoms with Gasteiger partial charge < -0.3 is 10.2 Å². The van der Waals surface area contributed by atoms with Gasteiger partial charge in [0, 0.05) is 23.7 Å². The molecule has 142 valence electrons. The summed E-state index contributed by atoms with van der Waals surface area (Å²) in [5, 5.41) is 22.1. The molecule has 0 radical (unpaired) electrons. The summed E-state index contributed by atoms with van der Waals surface area (Å²) >= 11 is 0. The third kappa shape index (κ3) is 2.59. The predicted octanol–water partition coefficient (Wildman–Crippen LogP) is 4.43. The van der Waals surface area contributed by atoms with Crippen LogP contribution < -0.4 is 0 Å². The molecule has 0 aromatic carbocycles. The SMILES string of the molecule is CC12CC=C3C=C4CC(O)CCC4CC[C@]3(O)C1CC=C2c1cccnc1. The molecule has 27 heavy (non-hydrogen) atoms. The van der Waals surface area contributed by atoms with Crippen LogP contribution in [0.2, 0.25) is 0 Å². The quantitative estimate of drug-likeness (QED) is 0.776. The molecule has 3 nitrogen and oxygen atoms in total. The lowest BCUT2D eigenvalue weighted by molar-refractivity contribution is -0.0330. The molecule has 3 heteroatoms. The first-order valence-corrected chi connectivity index (χ1v) is 10.4. The van der Waals surface area contributed by atoms with Gasteiger partial charge in [0.25, 0.3) is 0 Å². The van der Waals surface area contributed by atoms with Gasteiger partial charge in [0.2, 0.25) is 0 Å². The van der Waals surface area contributed by atoms with Gasteiger partial charge in [-0.2, -0.15) is 0 Å². The van der Waals surface area contributed by atoms with Crippen LogP contribution in [-0.4, -0.2) is 26.9 Å². The van der Waals surface area contributed by atoms with Crippen LogP contribution in [0.4, 0.5) is 0 Å². The average Bonchev–Trinajstić information content (AvgIpc) is 2.95. The topological polar surface area (TPSA) is 53.4 Å². The van der Waals surface area contributed by atoms with Gasteiger partial charge in [-0.3, -0.25) is 4.98 Å². The molecule has 4 unspecified atom stereocenters. The number of aliphatic hydroxyl groups is 2. The molecule has 4 aliphatic rings. The second-order valence-corrected chi connectivity index (χ2v) is 9.24. The number of hydrogen-bond acceptors (Lipinski definition) is 3. The Morgan fingerprint density at radius 1 is 1.19 bits per heavy atom. The van der Waals surface area contributed by atoms with Crippen molar-refractivity contribution in [2.45, 2.75) is 63.6 Å². The highest BCUT2D eigenvalue weighted by Crippen LogP contribution is 2.61. The molecule has 1 fully saturated rings. The highest BCUT2D eigenvalue weighted by Gasteiger charge is 2.55. The molecule has 5 atom stereocenters. The van der Waals surface area contributed by atoms with Crippen LogP contribution in [0.1, 0.15) is 57.4 Å².